The van der Waals surface area contributed by atoms with Gasteiger partial charge >= 0.3 is 0 Å². The van der Waals surface area contributed by atoms with Crippen molar-refractivity contribution in [2.45, 2.75) is 75.3 Å². The summed E-state index contributed by atoms with van der Waals surface area (Å²) in [7, 11) is 0. The van der Waals surface area contributed by atoms with E-state index in [2.05, 4.69) is 30.5 Å². The fourth-order valence-corrected chi connectivity index (χ4v) is 6.16. The zero-order valence-electron chi connectivity index (χ0n) is 15.7. The van der Waals surface area contributed by atoms with Crippen LogP contribution in [0.4, 0.5) is 0 Å². The van der Waals surface area contributed by atoms with Crippen molar-refractivity contribution < 1.29 is 4.74 Å². The molecular weight excluding hydrogens is 340 g/mol. The van der Waals surface area contributed by atoms with Gasteiger partial charge in [0.25, 0.3) is 0 Å². The van der Waals surface area contributed by atoms with Crippen LogP contribution in [-0.4, -0.2) is 23.2 Å². The molecule has 0 bridgehead atoms. The molecule has 4 heteroatoms. The smallest absolute Gasteiger partial charge is 0.0691 e. The van der Waals surface area contributed by atoms with Crippen molar-refractivity contribution in [3.63, 3.8) is 0 Å². The van der Waals surface area contributed by atoms with Gasteiger partial charge in [0.1, 0.15) is 0 Å². The zero-order valence-corrected chi connectivity index (χ0v) is 16.6. The number of aryl methyl sites for hydroxylation is 1. The SMILES string of the molecule is Cc1ccsc1CC(N)C[C@@]1(c2ccccn2)CCOC2(CCCC2)C1. The van der Waals surface area contributed by atoms with Crippen LogP contribution in [0.5, 0.6) is 0 Å². The third-order valence-corrected chi connectivity index (χ3v) is 7.49. The van der Waals surface area contributed by atoms with Gasteiger partial charge in [0.05, 0.1) is 5.60 Å². The first-order valence-electron chi connectivity index (χ1n) is 9.95. The van der Waals surface area contributed by atoms with Crippen LogP contribution in [0.15, 0.2) is 35.8 Å². The highest BCUT2D eigenvalue weighted by Crippen LogP contribution is 2.50. The van der Waals surface area contributed by atoms with Crippen LogP contribution in [-0.2, 0) is 16.6 Å². The lowest BCUT2D eigenvalue weighted by atomic mass is 9.66. The molecule has 1 saturated heterocycles. The first-order chi connectivity index (χ1) is 12.6. The van der Waals surface area contributed by atoms with Crippen molar-refractivity contribution in [3.8, 4) is 0 Å². The summed E-state index contributed by atoms with van der Waals surface area (Å²) in [6, 6.07) is 8.69. The van der Waals surface area contributed by atoms with Gasteiger partial charge in [-0.25, -0.2) is 0 Å². The highest BCUT2D eigenvalue weighted by atomic mass is 32.1. The van der Waals surface area contributed by atoms with Gasteiger partial charge in [-0.3, -0.25) is 4.98 Å². The lowest BCUT2D eigenvalue weighted by Gasteiger charge is -2.47. The second-order valence-corrected chi connectivity index (χ2v) is 9.36. The molecule has 0 amide bonds. The molecule has 0 radical (unpaired) electrons. The van der Waals surface area contributed by atoms with E-state index >= 15 is 0 Å². The predicted octanol–water partition coefficient (Wildman–Crippen LogP) is 4.77. The molecule has 2 aromatic rings. The Morgan fingerprint density at radius 2 is 2.08 bits per heavy atom. The Kier molecular flexibility index (Phi) is 5.18. The molecule has 2 atom stereocenters. The standard InChI is InChI=1S/C22H30N2OS/c1-17-7-13-26-19(17)14-18(23)15-21(20-6-2-5-11-24-20)10-12-25-22(16-21)8-3-4-9-22/h2,5-7,11,13,18H,3-4,8-10,12,14-16,23H2,1H3/t18?,21-/m0/s1. The summed E-state index contributed by atoms with van der Waals surface area (Å²) in [5, 5.41) is 2.17. The summed E-state index contributed by atoms with van der Waals surface area (Å²) in [5.74, 6) is 0. The third-order valence-electron chi connectivity index (χ3n) is 6.44. The van der Waals surface area contributed by atoms with Crippen molar-refractivity contribution in [2.75, 3.05) is 6.61 Å². The Morgan fingerprint density at radius 3 is 2.77 bits per heavy atom. The van der Waals surface area contributed by atoms with E-state index in [4.69, 9.17) is 15.5 Å². The molecule has 2 aliphatic rings. The molecule has 3 nitrogen and oxygen atoms in total. The second kappa shape index (κ2) is 7.41. The first kappa shape index (κ1) is 18.1. The first-order valence-corrected chi connectivity index (χ1v) is 10.8. The lowest BCUT2D eigenvalue weighted by molar-refractivity contribution is -0.105. The molecule has 2 aromatic heterocycles. The topological polar surface area (TPSA) is 48.1 Å². The molecule has 2 fully saturated rings. The van der Waals surface area contributed by atoms with Crippen molar-refractivity contribution in [2.24, 2.45) is 5.73 Å². The monoisotopic (exact) mass is 370 g/mol. The summed E-state index contributed by atoms with van der Waals surface area (Å²) in [6.45, 7) is 3.02. The number of rotatable bonds is 5. The van der Waals surface area contributed by atoms with E-state index in [1.165, 1.54) is 41.8 Å². The Bertz CT molecular complexity index is 723. The minimum Gasteiger partial charge on any atom is -0.375 e. The summed E-state index contributed by atoms with van der Waals surface area (Å²) in [5.41, 5.74) is 9.41. The van der Waals surface area contributed by atoms with E-state index in [-0.39, 0.29) is 17.1 Å². The number of nitrogens with two attached hydrogens (primary N) is 1. The number of ether oxygens (including phenoxy) is 1. The average molecular weight is 371 g/mol. The van der Waals surface area contributed by atoms with Crippen LogP contribution in [0.3, 0.4) is 0 Å². The molecular formula is C22H30N2OS. The van der Waals surface area contributed by atoms with E-state index in [0.29, 0.717) is 0 Å². The summed E-state index contributed by atoms with van der Waals surface area (Å²) in [6.07, 6.45) is 11.0. The Hall–Kier alpha value is -1.23. The van der Waals surface area contributed by atoms with Crippen LogP contribution in [0.25, 0.3) is 0 Å². The molecule has 3 heterocycles. The number of thiophene rings is 1. The lowest BCUT2D eigenvalue weighted by Crippen LogP contribution is -2.49. The van der Waals surface area contributed by atoms with Crippen molar-refractivity contribution in [1.29, 1.82) is 0 Å². The van der Waals surface area contributed by atoms with E-state index < -0.39 is 0 Å². The molecule has 2 N–H and O–H groups in total. The van der Waals surface area contributed by atoms with E-state index in [1.807, 2.05) is 23.6 Å². The van der Waals surface area contributed by atoms with Crippen molar-refractivity contribution in [1.82, 2.24) is 4.98 Å². The summed E-state index contributed by atoms with van der Waals surface area (Å²) >= 11 is 1.83. The van der Waals surface area contributed by atoms with Crippen LogP contribution in [0.2, 0.25) is 0 Å². The quantitative estimate of drug-likeness (QED) is 0.824. The molecule has 26 heavy (non-hydrogen) atoms. The molecule has 4 rings (SSSR count). The van der Waals surface area contributed by atoms with Gasteiger partial charge in [0.2, 0.25) is 0 Å². The number of pyridine rings is 1. The number of aromatic nitrogens is 1. The highest BCUT2D eigenvalue weighted by Gasteiger charge is 2.49. The van der Waals surface area contributed by atoms with Gasteiger partial charge in [0, 0.05) is 34.8 Å². The predicted molar refractivity (Wildman–Crippen MR) is 108 cm³/mol. The molecule has 1 spiro atoms. The van der Waals surface area contributed by atoms with Gasteiger partial charge in [-0.1, -0.05) is 18.9 Å². The fraction of sp³-hybridized carbons (Fsp3) is 0.591. The Morgan fingerprint density at radius 1 is 1.23 bits per heavy atom. The fourth-order valence-electron chi connectivity index (χ4n) is 5.16. The van der Waals surface area contributed by atoms with Crippen molar-refractivity contribution in [3.05, 3.63) is 52.0 Å². The second-order valence-electron chi connectivity index (χ2n) is 8.36. The normalized spacial score (nSPS) is 26.2. The van der Waals surface area contributed by atoms with E-state index in [0.717, 1.165) is 32.3 Å². The average Bonchev–Trinajstić information content (AvgIpc) is 3.25. The molecule has 140 valence electrons. The summed E-state index contributed by atoms with van der Waals surface area (Å²) in [4.78, 5) is 6.22. The van der Waals surface area contributed by atoms with Crippen LogP contribution in [0.1, 0.15) is 61.1 Å². The molecule has 1 saturated carbocycles. The zero-order chi connectivity index (χ0) is 18.0. The van der Waals surface area contributed by atoms with E-state index in [1.54, 1.807) is 0 Å². The number of hydrogen-bond acceptors (Lipinski definition) is 4. The van der Waals surface area contributed by atoms with Crippen LogP contribution in [0, 0.1) is 6.92 Å². The minimum absolute atomic E-state index is 0.0500. The van der Waals surface area contributed by atoms with Crippen LogP contribution >= 0.6 is 11.3 Å². The summed E-state index contributed by atoms with van der Waals surface area (Å²) < 4.78 is 6.34. The van der Waals surface area contributed by atoms with Gasteiger partial charge in [-0.05, 0) is 74.6 Å². The number of hydrogen-bond donors (Lipinski definition) is 1. The number of nitrogens with zero attached hydrogens (tertiary/aromatic N) is 1. The van der Waals surface area contributed by atoms with E-state index in [9.17, 15) is 0 Å². The third kappa shape index (κ3) is 3.60. The van der Waals surface area contributed by atoms with Gasteiger partial charge in [-0.2, -0.15) is 0 Å². The van der Waals surface area contributed by atoms with Crippen molar-refractivity contribution >= 4 is 11.3 Å². The Labute approximate surface area is 161 Å². The molecule has 1 aliphatic heterocycles. The maximum Gasteiger partial charge on any atom is 0.0691 e. The molecule has 1 aliphatic carbocycles. The largest absolute Gasteiger partial charge is 0.375 e. The highest BCUT2D eigenvalue weighted by molar-refractivity contribution is 7.10. The van der Waals surface area contributed by atoms with Crippen LogP contribution < -0.4 is 5.73 Å². The molecule has 1 unspecified atom stereocenters. The molecule has 0 aromatic carbocycles. The minimum atomic E-state index is 0.0500. The van der Waals surface area contributed by atoms with Gasteiger partial charge in [-0.15, -0.1) is 11.3 Å². The Balaban J connectivity index is 1.60. The maximum absolute atomic E-state index is 6.71. The van der Waals surface area contributed by atoms with Gasteiger partial charge < -0.3 is 10.5 Å². The maximum atomic E-state index is 6.71. The van der Waals surface area contributed by atoms with Gasteiger partial charge in [0.15, 0.2) is 0 Å².